The van der Waals surface area contributed by atoms with Crippen LogP contribution in [0, 0.1) is 6.92 Å². The van der Waals surface area contributed by atoms with Gasteiger partial charge in [0, 0.05) is 24.2 Å². The number of aromatic nitrogens is 2. The zero-order valence-electron chi connectivity index (χ0n) is 16.4. The molecule has 0 saturated carbocycles. The fourth-order valence-corrected chi connectivity index (χ4v) is 4.40. The first-order chi connectivity index (χ1) is 14.2. The molecular formula is C22H22N4O2S. The Balaban J connectivity index is 1.48. The summed E-state index contributed by atoms with van der Waals surface area (Å²) in [5.74, 6) is 0.426. The number of carbonyl (C=O) groups is 1. The Morgan fingerprint density at radius 1 is 1.07 bits per heavy atom. The topological polar surface area (TPSA) is 76.1 Å². The zero-order valence-corrected chi connectivity index (χ0v) is 17.2. The lowest BCUT2D eigenvalue weighted by atomic mass is 10.1. The Morgan fingerprint density at radius 2 is 1.86 bits per heavy atom. The van der Waals surface area contributed by atoms with Crippen molar-refractivity contribution in [2.75, 3.05) is 30.3 Å². The van der Waals surface area contributed by atoms with E-state index in [1.54, 1.807) is 6.92 Å². The van der Waals surface area contributed by atoms with E-state index in [-0.39, 0.29) is 5.97 Å². The van der Waals surface area contributed by atoms with Gasteiger partial charge in [-0.05, 0) is 30.9 Å². The first-order valence-corrected chi connectivity index (χ1v) is 10.4. The summed E-state index contributed by atoms with van der Waals surface area (Å²) < 4.78 is 5.15. The summed E-state index contributed by atoms with van der Waals surface area (Å²) in [6, 6.07) is 14.6. The lowest BCUT2D eigenvalue weighted by molar-refractivity contribution is 0.0531. The van der Waals surface area contributed by atoms with Crippen molar-refractivity contribution in [2.45, 2.75) is 13.8 Å². The van der Waals surface area contributed by atoms with Gasteiger partial charge in [0.25, 0.3) is 0 Å². The minimum absolute atomic E-state index is 0.309. The van der Waals surface area contributed by atoms with Gasteiger partial charge in [-0.1, -0.05) is 36.4 Å². The van der Waals surface area contributed by atoms with Gasteiger partial charge in [0.1, 0.15) is 21.9 Å². The SMILES string of the molecule is CCOC(=O)c1sc2ncnc(NCCNc3cccc4ccccc34)c2c1C. The van der Waals surface area contributed by atoms with Crippen LogP contribution in [0.2, 0.25) is 0 Å². The van der Waals surface area contributed by atoms with Crippen molar-refractivity contribution in [3.63, 3.8) is 0 Å². The van der Waals surface area contributed by atoms with Crippen LogP contribution in [0.4, 0.5) is 11.5 Å². The van der Waals surface area contributed by atoms with Gasteiger partial charge in [-0.2, -0.15) is 0 Å². The van der Waals surface area contributed by atoms with Gasteiger partial charge in [-0.3, -0.25) is 0 Å². The van der Waals surface area contributed by atoms with Crippen LogP contribution >= 0.6 is 11.3 Å². The van der Waals surface area contributed by atoms with Crippen LogP contribution in [0.15, 0.2) is 48.8 Å². The van der Waals surface area contributed by atoms with Gasteiger partial charge in [-0.15, -0.1) is 11.3 Å². The van der Waals surface area contributed by atoms with Gasteiger partial charge in [0.2, 0.25) is 0 Å². The third-order valence-corrected chi connectivity index (χ3v) is 5.89. The Labute approximate surface area is 172 Å². The molecular weight excluding hydrogens is 384 g/mol. The van der Waals surface area contributed by atoms with Gasteiger partial charge >= 0.3 is 5.97 Å². The van der Waals surface area contributed by atoms with E-state index in [0.717, 1.165) is 33.8 Å². The van der Waals surface area contributed by atoms with Crippen molar-refractivity contribution in [1.29, 1.82) is 0 Å². The average molecular weight is 407 g/mol. The number of benzene rings is 2. The average Bonchev–Trinajstić information content (AvgIpc) is 3.09. The molecule has 29 heavy (non-hydrogen) atoms. The number of ether oxygens (including phenoxy) is 1. The molecule has 0 aliphatic rings. The highest BCUT2D eigenvalue weighted by Crippen LogP contribution is 2.33. The van der Waals surface area contributed by atoms with E-state index in [1.807, 2.05) is 19.1 Å². The highest BCUT2D eigenvalue weighted by Gasteiger charge is 2.19. The number of thiophene rings is 1. The van der Waals surface area contributed by atoms with Gasteiger partial charge < -0.3 is 15.4 Å². The van der Waals surface area contributed by atoms with Crippen LogP contribution in [0.1, 0.15) is 22.2 Å². The molecule has 0 spiro atoms. The molecule has 0 atom stereocenters. The van der Waals surface area contributed by atoms with Crippen molar-refractivity contribution < 1.29 is 9.53 Å². The quantitative estimate of drug-likeness (QED) is 0.337. The monoisotopic (exact) mass is 406 g/mol. The number of nitrogens with one attached hydrogen (secondary N) is 2. The van der Waals surface area contributed by atoms with Crippen LogP contribution in [0.5, 0.6) is 0 Å². The first-order valence-electron chi connectivity index (χ1n) is 9.55. The van der Waals surface area contributed by atoms with E-state index in [9.17, 15) is 4.79 Å². The van der Waals surface area contributed by atoms with Crippen molar-refractivity contribution in [3.05, 3.63) is 59.2 Å². The summed E-state index contributed by atoms with van der Waals surface area (Å²) >= 11 is 1.34. The molecule has 2 aromatic carbocycles. The van der Waals surface area contributed by atoms with E-state index >= 15 is 0 Å². The highest BCUT2D eigenvalue weighted by molar-refractivity contribution is 7.20. The first kappa shape index (κ1) is 19.1. The van der Waals surface area contributed by atoms with Gasteiger partial charge in [0.05, 0.1) is 12.0 Å². The minimum atomic E-state index is -0.309. The van der Waals surface area contributed by atoms with Crippen molar-refractivity contribution in [2.24, 2.45) is 0 Å². The maximum Gasteiger partial charge on any atom is 0.348 e. The molecule has 2 N–H and O–H groups in total. The zero-order chi connectivity index (χ0) is 20.2. The normalized spacial score (nSPS) is 11.0. The number of hydrogen-bond donors (Lipinski definition) is 2. The standard InChI is InChI=1S/C22H22N4O2S/c1-3-28-22(27)19-14(2)18-20(25-13-26-21(18)29-19)24-12-11-23-17-10-6-8-15-7-4-5-9-16(15)17/h4-10,13,23H,3,11-12H2,1-2H3,(H,24,25,26). The fraction of sp³-hybridized carbons (Fsp3) is 0.227. The van der Waals surface area contributed by atoms with Gasteiger partial charge in [-0.25, -0.2) is 14.8 Å². The smallest absolute Gasteiger partial charge is 0.348 e. The molecule has 4 aromatic rings. The number of esters is 1. The molecule has 148 valence electrons. The summed E-state index contributed by atoms with van der Waals surface area (Å²) in [6.45, 7) is 5.47. The lowest BCUT2D eigenvalue weighted by Crippen LogP contribution is -2.14. The minimum Gasteiger partial charge on any atom is -0.462 e. The van der Waals surface area contributed by atoms with E-state index in [0.29, 0.717) is 18.0 Å². The third-order valence-electron chi connectivity index (χ3n) is 4.71. The second-order valence-corrected chi connectivity index (χ2v) is 7.56. The van der Waals surface area contributed by atoms with E-state index < -0.39 is 0 Å². The molecule has 0 radical (unpaired) electrons. The van der Waals surface area contributed by atoms with Crippen LogP contribution in [-0.2, 0) is 4.74 Å². The molecule has 0 amide bonds. The Morgan fingerprint density at radius 3 is 2.72 bits per heavy atom. The summed E-state index contributed by atoms with van der Waals surface area (Å²) in [7, 11) is 0. The molecule has 4 rings (SSSR count). The summed E-state index contributed by atoms with van der Waals surface area (Å²) in [6.07, 6.45) is 1.52. The van der Waals surface area contributed by atoms with Gasteiger partial charge in [0.15, 0.2) is 0 Å². The van der Waals surface area contributed by atoms with Crippen molar-refractivity contribution >= 4 is 49.8 Å². The largest absolute Gasteiger partial charge is 0.462 e. The molecule has 0 bridgehead atoms. The third kappa shape index (κ3) is 3.86. The fourth-order valence-electron chi connectivity index (χ4n) is 3.35. The number of nitrogens with zero attached hydrogens (tertiary/aromatic N) is 2. The number of hydrogen-bond acceptors (Lipinski definition) is 7. The Kier molecular flexibility index (Phi) is 5.57. The maximum atomic E-state index is 12.2. The lowest BCUT2D eigenvalue weighted by Gasteiger charge is -2.11. The van der Waals surface area contributed by atoms with Crippen LogP contribution < -0.4 is 10.6 Å². The Hall–Kier alpha value is -3.19. The molecule has 6 nitrogen and oxygen atoms in total. The van der Waals surface area contributed by atoms with Crippen LogP contribution in [0.25, 0.3) is 21.0 Å². The summed E-state index contributed by atoms with van der Waals surface area (Å²) in [5.41, 5.74) is 1.96. The summed E-state index contributed by atoms with van der Waals surface area (Å²) in [4.78, 5) is 22.3. The summed E-state index contributed by atoms with van der Waals surface area (Å²) in [5, 5.41) is 10.1. The van der Waals surface area contributed by atoms with E-state index in [1.165, 1.54) is 28.4 Å². The molecule has 2 aromatic heterocycles. The Bertz CT molecular complexity index is 1170. The second-order valence-electron chi connectivity index (χ2n) is 6.56. The molecule has 2 heterocycles. The van der Waals surface area contributed by atoms with Crippen LogP contribution in [0.3, 0.4) is 0 Å². The number of fused-ring (bicyclic) bond motifs is 2. The van der Waals surface area contributed by atoms with Crippen molar-refractivity contribution in [1.82, 2.24) is 9.97 Å². The molecule has 0 saturated heterocycles. The molecule has 0 aliphatic heterocycles. The predicted octanol–water partition coefficient (Wildman–Crippen LogP) is 4.85. The molecule has 0 unspecified atom stereocenters. The number of aryl methyl sites for hydroxylation is 1. The van der Waals surface area contributed by atoms with Crippen molar-refractivity contribution in [3.8, 4) is 0 Å². The number of carbonyl (C=O) groups excluding carboxylic acids is 1. The highest BCUT2D eigenvalue weighted by atomic mass is 32.1. The predicted molar refractivity (Wildman–Crippen MR) is 119 cm³/mol. The number of rotatable bonds is 7. The second kappa shape index (κ2) is 8.45. The van der Waals surface area contributed by atoms with E-state index in [2.05, 4.69) is 50.9 Å². The maximum absolute atomic E-state index is 12.2. The molecule has 0 fully saturated rings. The van der Waals surface area contributed by atoms with E-state index in [4.69, 9.17) is 4.74 Å². The molecule has 0 aliphatic carbocycles. The van der Waals surface area contributed by atoms with Crippen LogP contribution in [-0.4, -0.2) is 35.6 Å². The molecule has 7 heteroatoms. The number of anilines is 2.